The van der Waals surface area contributed by atoms with Crippen molar-refractivity contribution in [3.63, 3.8) is 0 Å². The highest BCUT2D eigenvalue weighted by Crippen LogP contribution is 2.38. The van der Waals surface area contributed by atoms with Gasteiger partial charge in [0.25, 0.3) is 0 Å². The van der Waals surface area contributed by atoms with Crippen LogP contribution in [-0.4, -0.2) is 66.4 Å². The molecule has 0 aromatic heterocycles. The number of hydrogen-bond donors (Lipinski definition) is 0. The van der Waals surface area contributed by atoms with E-state index in [0.29, 0.717) is 48.7 Å². The fourth-order valence-corrected chi connectivity index (χ4v) is 16.8. The van der Waals surface area contributed by atoms with Crippen LogP contribution >= 0.6 is 0 Å². The summed E-state index contributed by atoms with van der Waals surface area (Å²) in [6.07, 6.45) is 27.5. The molecule has 0 saturated carbocycles. The van der Waals surface area contributed by atoms with Gasteiger partial charge in [-0.2, -0.15) is 0 Å². The lowest BCUT2D eigenvalue weighted by Crippen LogP contribution is -2.40. The van der Waals surface area contributed by atoms with E-state index in [1.807, 2.05) is 77.1 Å². The minimum Gasteiger partial charge on any atom is -0.378 e. The van der Waals surface area contributed by atoms with Crippen LogP contribution in [0.4, 0.5) is 0 Å². The van der Waals surface area contributed by atoms with Gasteiger partial charge in [-0.1, -0.05) is 148 Å². The van der Waals surface area contributed by atoms with Gasteiger partial charge in [0, 0.05) is 25.0 Å². The summed E-state index contributed by atoms with van der Waals surface area (Å²) in [5.74, 6) is -0.802. The van der Waals surface area contributed by atoms with E-state index in [4.69, 9.17) is 9.47 Å². The quantitative estimate of drug-likeness (QED) is 0.0630. The second kappa shape index (κ2) is 32.1. The topological polar surface area (TPSA) is 121 Å². The third-order valence-electron chi connectivity index (χ3n) is 15.6. The largest absolute Gasteiger partial charge is 0.378 e. The summed E-state index contributed by atoms with van der Waals surface area (Å²) in [5.41, 5.74) is 8.46. The summed E-state index contributed by atoms with van der Waals surface area (Å²) in [6, 6.07) is 26.2. The van der Waals surface area contributed by atoms with Gasteiger partial charge >= 0.3 is 0 Å². The van der Waals surface area contributed by atoms with Crippen LogP contribution in [0.2, 0.25) is 0 Å². The first-order chi connectivity index (χ1) is 37.6. The van der Waals surface area contributed by atoms with Gasteiger partial charge in [-0.05, 0) is 202 Å². The first kappa shape index (κ1) is 65.2. The Morgan fingerprint density at radius 1 is 0.430 bits per heavy atom. The Kier molecular flexibility index (Phi) is 26.5. The Morgan fingerprint density at radius 2 is 0.772 bits per heavy atom. The second-order valence-corrected chi connectivity index (χ2v) is 29.2. The first-order valence-corrected chi connectivity index (χ1v) is 33.6. The summed E-state index contributed by atoms with van der Waals surface area (Å²) in [6.45, 7) is 21.7. The van der Waals surface area contributed by atoms with Crippen LogP contribution in [0.25, 0.3) is 0 Å². The maximum atomic E-state index is 14.8. The normalized spacial score (nSPS) is 19.7. The molecule has 0 bridgehead atoms. The first-order valence-electron chi connectivity index (χ1n) is 29.0. The SMILES string of the molecule is CC(C)=CCC/C(C)=C/C(C(/C(C)=C/CC/C(C)=C/CC(/C=C(\C)CC/C=C(\C)C(C1CCCCO1)C(/C=C(\C)CCC=C(C)C)S(=O)(=O)c1ccccc1)S(=O)(=O)c1ccccc1)C1CCCCO1)S(=O)(=O)c1ccccc1. The van der Waals surface area contributed by atoms with Crippen LogP contribution < -0.4 is 0 Å². The minimum atomic E-state index is -3.82. The molecule has 0 amide bonds. The third kappa shape index (κ3) is 20.1. The number of allylic oxidation sites excluding steroid dienone is 11. The van der Waals surface area contributed by atoms with E-state index in [1.165, 1.54) is 11.1 Å². The lowest BCUT2D eigenvalue weighted by molar-refractivity contribution is -0.0104. The number of hydrogen-bond acceptors (Lipinski definition) is 8. The van der Waals surface area contributed by atoms with Gasteiger partial charge in [-0.3, -0.25) is 0 Å². The van der Waals surface area contributed by atoms with Crippen LogP contribution in [-0.2, 0) is 39.0 Å². The molecule has 2 fully saturated rings. The zero-order valence-electron chi connectivity index (χ0n) is 49.3. The molecule has 0 spiro atoms. The van der Waals surface area contributed by atoms with Crippen molar-refractivity contribution in [2.24, 2.45) is 11.8 Å². The maximum absolute atomic E-state index is 14.8. The van der Waals surface area contributed by atoms with Crippen LogP contribution in [0.1, 0.15) is 166 Å². The summed E-state index contributed by atoms with van der Waals surface area (Å²) in [4.78, 5) is 0.873. The summed E-state index contributed by atoms with van der Waals surface area (Å²) in [5, 5.41) is -2.47. The third-order valence-corrected chi connectivity index (χ3v) is 21.8. The molecule has 79 heavy (non-hydrogen) atoms. The highest BCUT2D eigenvalue weighted by atomic mass is 32.2. The van der Waals surface area contributed by atoms with E-state index in [0.717, 1.165) is 97.6 Å². The molecule has 7 atom stereocenters. The molecule has 2 heterocycles. The highest BCUT2D eigenvalue weighted by molar-refractivity contribution is 7.92. The van der Waals surface area contributed by atoms with Crippen molar-refractivity contribution in [2.75, 3.05) is 13.2 Å². The molecule has 8 nitrogen and oxygen atoms in total. The number of benzene rings is 3. The van der Waals surface area contributed by atoms with E-state index in [9.17, 15) is 25.3 Å². The van der Waals surface area contributed by atoms with Gasteiger partial charge in [-0.15, -0.1) is 0 Å². The maximum Gasteiger partial charge on any atom is 0.185 e. The average molecular weight is 1140 g/mol. The molecule has 7 unspecified atom stereocenters. The summed E-state index contributed by atoms with van der Waals surface area (Å²) >= 11 is 0. The molecule has 0 aliphatic carbocycles. The van der Waals surface area contributed by atoms with Gasteiger partial charge < -0.3 is 9.47 Å². The fraction of sp³-hybridized carbons (Fsp3) is 0.500. The molecule has 0 radical (unpaired) electrons. The molecule has 0 N–H and O–H groups in total. The van der Waals surface area contributed by atoms with Crippen molar-refractivity contribution in [1.82, 2.24) is 0 Å². The fourth-order valence-electron chi connectivity index (χ4n) is 11.1. The molecule has 2 saturated heterocycles. The number of rotatable bonds is 29. The van der Waals surface area contributed by atoms with Crippen molar-refractivity contribution in [1.29, 1.82) is 0 Å². The zero-order valence-corrected chi connectivity index (χ0v) is 51.8. The van der Waals surface area contributed by atoms with Gasteiger partial charge in [-0.25, -0.2) is 25.3 Å². The predicted molar refractivity (Wildman–Crippen MR) is 329 cm³/mol. The summed E-state index contributed by atoms with van der Waals surface area (Å²) in [7, 11) is -11.4. The van der Waals surface area contributed by atoms with E-state index in [-0.39, 0.29) is 29.4 Å². The Morgan fingerprint density at radius 3 is 1.13 bits per heavy atom. The van der Waals surface area contributed by atoms with Gasteiger partial charge in [0.05, 0.1) is 42.6 Å². The highest BCUT2D eigenvalue weighted by Gasteiger charge is 2.41. The summed E-state index contributed by atoms with van der Waals surface area (Å²) < 4.78 is 101. The minimum absolute atomic E-state index is 0.251. The zero-order chi connectivity index (χ0) is 57.6. The van der Waals surface area contributed by atoms with E-state index in [1.54, 1.807) is 72.8 Å². The molecular weight excluding hydrogens is 1040 g/mol. The van der Waals surface area contributed by atoms with E-state index >= 15 is 0 Å². The molecule has 2 aliphatic rings. The van der Waals surface area contributed by atoms with Crippen LogP contribution in [0.5, 0.6) is 0 Å². The standard InChI is InChI=1S/C68H94O8S3/c1-51(2)28-24-31-55(7)49-65(78(71,72)60-38-16-12-17-39-60)67(63-42-20-22-46-75-63)57(9)34-26-30-53(5)44-45-62(77(69,70)59-36-14-11-15-37-59)48-54(6)33-27-35-58(10)68(64-43-21-23-47-76-64)66(50-56(8)32-25-29-52(3)4)79(73,74)61-40-18-13-19-41-61/h11-19,28-29,34-41,44,48-50,62-68H,20-27,30-33,42-43,45-47H2,1-10H3/b53-44+,54-48+,55-49+,56-50+,57-34+,58-35+. The number of ether oxygens (including phenoxy) is 2. The predicted octanol–water partition coefficient (Wildman–Crippen LogP) is 17.0. The second-order valence-electron chi connectivity index (χ2n) is 22.8. The molecule has 2 aliphatic heterocycles. The van der Waals surface area contributed by atoms with Crippen LogP contribution in [0, 0.1) is 11.8 Å². The van der Waals surface area contributed by atoms with E-state index < -0.39 is 51.2 Å². The molecule has 5 rings (SSSR count). The molecule has 3 aromatic rings. The Balaban J connectivity index is 1.42. The van der Waals surface area contributed by atoms with Crippen molar-refractivity contribution < 1.29 is 34.7 Å². The van der Waals surface area contributed by atoms with Gasteiger partial charge in [0.2, 0.25) is 0 Å². The van der Waals surface area contributed by atoms with Crippen molar-refractivity contribution in [3.05, 3.63) is 184 Å². The van der Waals surface area contributed by atoms with Crippen LogP contribution in [0.15, 0.2) is 199 Å². The Bertz CT molecular complexity index is 2980. The smallest absolute Gasteiger partial charge is 0.185 e. The molecule has 11 heteroatoms. The number of sulfone groups is 3. The molecule has 3 aromatic carbocycles. The van der Waals surface area contributed by atoms with Crippen molar-refractivity contribution >= 4 is 29.5 Å². The monoisotopic (exact) mass is 1130 g/mol. The van der Waals surface area contributed by atoms with Gasteiger partial charge in [0.1, 0.15) is 0 Å². The molecule has 432 valence electrons. The lowest BCUT2D eigenvalue weighted by atomic mass is 9.85. The van der Waals surface area contributed by atoms with Crippen molar-refractivity contribution in [3.8, 4) is 0 Å². The van der Waals surface area contributed by atoms with Gasteiger partial charge in [0.15, 0.2) is 29.5 Å². The molecular formula is C68H94O8S3. The Labute approximate surface area is 478 Å². The average Bonchev–Trinajstić information content (AvgIpc) is 3.44. The lowest BCUT2D eigenvalue weighted by Gasteiger charge is -2.35. The Hall–Kier alpha value is -4.65. The van der Waals surface area contributed by atoms with Crippen molar-refractivity contribution in [2.45, 2.75) is 208 Å². The van der Waals surface area contributed by atoms with Crippen LogP contribution in [0.3, 0.4) is 0 Å². The van der Waals surface area contributed by atoms with E-state index in [2.05, 4.69) is 58.9 Å².